The highest BCUT2D eigenvalue weighted by Crippen LogP contribution is 2.38. The van der Waals surface area contributed by atoms with E-state index in [0.717, 1.165) is 12.1 Å². The molecule has 4 amide bonds. The van der Waals surface area contributed by atoms with Crippen LogP contribution in [0.5, 0.6) is 11.5 Å². The van der Waals surface area contributed by atoms with Gasteiger partial charge in [0.25, 0.3) is 17.5 Å². The molecule has 200 valence electrons. The molecule has 13 heteroatoms. The van der Waals surface area contributed by atoms with Crippen molar-refractivity contribution in [1.29, 1.82) is 0 Å². The number of imide groups is 2. The highest BCUT2D eigenvalue weighted by Gasteiger charge is 2.37. The third kappa shape index (κ3) is 6.14. The first kappa shape index (κ1) is 27.9. The molecule has 10 nitrogen and oxygen atoms in total. The van der Waals surface area contributed by atoms with E-state index in [9.17, 15) is 24.5 Å². The molecule has 1 fully saturated rings. The van der Waals surface area contributed by atoms with Gasteiger partial charge in [0.15, 0.2) is 11.5 Å². The van der Waals surface area contributed by atoms with Crippen molar-refractivity contribution in [2.75, 3.05) is 11.5 Å². The van der Waals surface area contributed by atoms with Crippen LogP contribution >= 0.6 is 34.8 Å². The van der Waals surface area contributed by atoms with Crippen molar-refractivity contribution >= 4 is 70.1 Å². The van der Waals surface area contributed by atoms with Gasteiger partial charge in [-0.05, 0) is 55.0 Å². The van der Waals surface area contributed by atoms with Crippen LogP contribution in [-0.4, -0.2) is 29.4 Å². The maximum absolute atomic E-state index is 13.2. The molecule has 0 saturated carbocycles. The minimum absolute atomic E-state index is 0.0409. The lowest BCUT2D eigenvalue weighted by atomic mass is 10.1. The van der Waals surface area contributed by atoms with Crippen LogP contribution in [0.2, 0.25) is 15.1 Å². The van der Waals surface area contributed by atoms with E-state index in [1.807, 2.05) is 0 Å². The fraction of sp³-hybridized carbons (Fsp3) is 0.115. The Kier molecular flexibility index (Phi) is 8.39. The van der Waals surface area contributed by atoms with Gasteiger partial charge in [0, 0.05) is 27.7 Å². The van der Waals surface area contributed by atoms with Crippen LogP contribution in [0.1, 0.15) is 18.1 Å². The first-order chi connectivity index (χ1) is 18.6. The average molecular weight is 591 g/mol. The van der Waals surface area contributed by atoms with E-state index in [2.05, 4.69) is 5.32 Å². The molecule has 1 saturated heterocycles. The van der Waals surface area contributed by atoms with Gasteiger partial charge < -0.3 is 9.47 Å². The van der Waals surface area contributed by atoms with E-state index in [1.54, 1.807) is 25.1 Å². The normalized spacial score (nSPS) is 14.4. The summed E-state index contributed by atoms with van der Waals surface area (Å²) in [6.07, 6.45) is 1.25. The van der Waals surface area contributed by atoms with Crippen molar-refractivity contribution in [3.8, 4) is 11.5 Å². The number of anilines is 1. The standard InChI is InChI=1S/C26H18Cl3N3O7/c1-2-38-22-11-14(10-21(29)23(22)39-13-15-3-4-16(27)12-20(15)28)9-19-24(33)30-26(35)31(25(19)34)17-5-7-18(8-6-17)32(36)37/h3-12H,2,13H2,1H3,(H,30,33,35)/b19-9+. The monoisotopic (exact) mass is 589 g/mol. The van der Waals surface area contributed by atoms with Crippen LogP contribution in [0, 0.1) is 10.1 Å². The molecule has 0 atom stereocenters. The van der Waals surface area contributed by atoms with Gasteiger partial charge in [-0.2, -0.15) is 0 Å². The molecule has 0 bridgehead atoms. The third-order valence-corrected chi connectivity index (χ3v) is 6.32. The first-order valence-corrected chi connectivity index (χ1v) is 12.4. The molecule has 3 aromatic carbocycles. The maximum Gasteiger partial charge on any atom is 0.335 e. The smallest absolute Gasteiger partial charge is 0.335 e. The van der Waals surface area contributed by atoms with E-state index in [4.69, 9.17) is 44.3 Å². The summed E-state index contributed by atoms with van der Waals surface area (Å²) in [5.41, 5.74) is 0.421. The number of carbonyl (C=O) groups excluding carboxylic acids is 3. The van der Waals surface area contributed by atoms with Crippen molar-refractivity contribution in [3.05, 3.63) is 96.5 Å². The minimum Gasteiger partial charge on any atom is -0.490 e. The fourth-order valence-corrected chi connectivity index (χ4v) is 4.38. The Balaban J connectivity index is 1.65. The number of benzene rings is 3. The lowest BCUT2D eigenvalue weighted by Gasteiger charge is -2.26. The van der Waals surface area contributed by atoms with Gasteiger partial charge in [-0.25, -0.2) is 9.69 Å². The van der Waals surface area contributed by atoms with E-state index in [-0.39, 0.29) is 46.7 Å². The number of hydrogen-bond acceptors (Lipinski definition) is 7. The number of hydrogen-bond donors (Lipinski definition) is 1. The number of non-ortho nitro benzene ring substituents is 1. The number of barbiturate groups is 1. The zero-order chi connectivity index (χ0) is 28.3. The lowest BCUT2D eigenvalue weighted by Crippen LogP contribution is -2.54. The number of amides is 4. The van der Waals surface area contributed by atoms with Gasteiger partial charge in [-0.3, -0.25) is 25.0 Å². The molecular weight excluding hydrogens is 573 g/mol. The summed E-state index contributed by atoms with van der Waals surface area (Å²) in [6, 6.07) is 11.7. The summed E-state index contributed by atoms with van der Waals surface area (Å²) in [4.78, 5) is 49.2. The second-order valence-corrected chi connectivity index (χ2v) is 9.27. The molecule has 0 aromatic heterocycles. The largest absolute Gasteiger partial charge is 0.490 e. The van der Waals surface area contributed by atoms with Crippen LogP contribution < -0.4 is 19.7 Å². The molecular formula is C26H18Cl3N3O7. The van der Waals surface area contributed by atoms with Gasteiger partial charge in [0.2, 0.25) is 0 Å². The molecule has 0 radical (unpaired) electrons. The second-order valence-electron chi connectivity index (χ2n) is 8.02. The number of urea groups is 1. The van der Waals surface area contributed by atoms with Crippen molar-refractivity contribution in [2.24, 2.45) is 0 Å². The van der Waals surface area contributed by atoms with Gasteiger partial charge in [-0.15, -0.1) is 0 Å². The van der Waals surface area contributed by atoms with Crippen LogP contribution in [0.15, 0.2) is 60.2 Å². The van der Waals surface area contributed by atoms with Crippen molar-refractivity contribution in [1.82, 2.24) is 5.32 Å². The summed E-state index contributed by atoms with van der Waals surface area (Å²) >= 11 is 18.7. The molecule has 0 spiro atoms. The Morgan fingerprint density at radius 1 is 0.974 bits per heavy atom. The Bertz CT molecular complexity index is 1520. The van der Waals surface area contributed by atoms with E-state index >= 15 is 0 Å². The summed E-state index contributed by atoms with van der Waals surface area (Å²) in [5.74, 6) is -1.39. The highest BCUT2D eigenvalue weighted by atomic mass is 35.5. The molecule has 3 aromatic rings. The molecule has 0 unspecified atom stereocenters. The predicted molar refractivity (Wildman–Crippen MR) is 146 cm³/mol. The van der Waals surface area contributed by atoms with Crippen LogP contribution in [0.25, 0.3) is 6.08 Å². The molecule has 39 heavy (non-hydrogen) atoms. The van der Waals surface area contributed by atoms with Crippen LogP contribution in [0.3, 0.4) is 0 Å². The van der Waals surface area contributed by atoms with Gasteiger partial charge in [0.1, 0.15) is 12.2 Å². The summed E-state index contributed by atoms with van der Waals surface area (Å²) in [5, 5.41) is 14.0. The summed E-state index contributed by atoms with van der Waals surface area (Å²) in [7, 11) is 0. The number of nitrogens with one attached hydrogen (secondary N) is 1. The van der Waals surface area contributed by atoms with Crippen molar-refractivity contribution in [3.63, 3.8) is 0 Å². The molecule has 1 heterocycles. The van der Waals surface area contributed by atoms with Gasteiger partial charge in [-0.1, -0.05) is 40.9 Å². The van der Waals surface area contributed by atoms with E-state index < -0.39 is 22.8 Å². The SMILES string of the molecule is CCOc1cc(/C=C2\C(=O)NC(=O)N(c3ccc([N+](=O)[O-])cc3)C2=O)cc(Cl)c1OCc1ccc(Cl)cc1Cl. The summed E-state index contributed by atoms with van der Waals surface area (Å²) < 4.78 is 11.6. The van der Waals surface area contributed by atoms with E-state index in [0.29, 0.717) is 26.1 Å². The number of rotatable bonds is 8. The summed E-state index contributed by atoms with van der Waals surface area (Å²) in [6.45, 7) is 2.07. The van der Waals surface area contributed by atoms with Gasteiger partial charge in [0.05, 0.1) is 22.2 Å². The fourth-order valence-electron chi connectivity index (χ4n) is 3.64. The number of halogens is 3. The molecule has 1 aliphatic rings. The number of carbonyl (C=O) groups is 3. The number of nitro groups is 1. The number of nitro benzene ring substituents is 1. The second kappa shape index (κ2) is 11.7. The Hall–Kier alpha value is -4.12. The number of nitrogens with zero attached hydrogens (tertiary/aromatic N) is 2. The maximum atomic E-state index is 13.2. The molecule has 4 rings (SSSR count). The van der Waals surface area contributed by atoms with Crippen molar-refractivity contribution in [2.45, 2.75) is 13.5 Å². The number of ether oxygens (including phenoxy) is 2. The van der Waals surface area contributed by atoms with Crippen molar-refractivity contribution < 1.29 is 28.8 Å². The average Bonchev–Trinajstić information content (AvgIpc) is 2.87. The topological polar surface area (TPSA) is 128 Å². The predicted octanol–water partition coefficient (Wildman–Crippen LogP) is 6.20. The Morgan fingerprint density at radius 3 is 2.33 bits per heavy atom. The highest BCUT2D eigenvalue weighted by molar-refractivity contribution is 6.39. The Labute approximate surface area is 236 Å². The quantitative estimate of drug-likeness (QED) is 0.143. The minimum atomic E-state index is -0.992. The van der Waals surface area contributed by atoms with Gasteiger partial charge >= 0.3 is 6.03 Å². The molecule has 1 aliphatic heterocycles. The van der Waals surface area contributed by atoms with Crippen LogP contribution in [0.4, 0.5) is 16.2 Å². The zero-order valence-corrected chi connectivity index (χ0v) is 22.3. The third-order valence-electron chi connectivity index (χ3n) is 5.45. The molecule has 0 aliphatic carbocycles. The lowest BCUT2D eigenvalue weighted by molar-refractivity contribution is -0.384. The van der Waals surface area contributed by atoms with Crippen LogP contribution in [-0.2, 0) is 16.2 Å². The van der Waals surface area contributed by atoms with E-state index in [1.165, 1.54) is 30.3 Å². The zero-order valence-electron chi connectivity index (χ0n) is 20.1. The molecule has 1 N–H and O–H groups in total. The first-order valence-electron chi connectivity index (χ1n) is 11.3. The Morgan fingerprint density at radius 2 is 1.69 bits per heavy atom.